The lowest BCUT2D eigenvalue weighted by atomic mass is 10.2. The Labute approximate surface area is 132 Å². The van der Waals surface area contributed by atoms with E-state index in [4.69, 9.17) is 11.6 Å². The summed E-state index contributed by atoms with van der Waals surface area (Å²) in [5.41, 5.74) is 1.70. The molecule has 5 heteroatoms. The van der Waals surface area contributed by atoms with E-state index in [1.807, 2.05) is 30.0 Å². The van der Waals surface area contributed by atoms with Crippen LogP contribution in [0.4, 0.5) is 10.5 Å². The zero-order chi connectivity index (χ0) is 15.2. The fraction of sp³-hybridized carbons (Fsp3) is 0.562. The van der Waals surface area contributed by atoms with Gasteiger partial charge in [-0.2, -0.15) is 0 Å². The van der Waals surface area contributed by atoms with Crippen molar-refractivity contribution in [2.45, 2.75) is 26.7 Å². The predicted octanol–water partition coefficient (Wildman–Crippen LogP) is 3.60. The van der Waals surface area contributed by atoms with Gasteiger partial charge in [-0.15, -0.1) is 0 Å². The Hall–Kier alpha value is -1.26. The smallest absolute Gasteiger partial charge is 0.321 e. The van der Waals surface area contributed by atoms with Crippen molar-refractivity contribution in [1.29, 1.82) is 0 Å². The molecule has 0 radical (unpaired) electrons. The average Bonchev–Trinajstić information content (AvgIpc) is 2.50. The number of urea groups is 1. The van der Waals surface area contributed by atoms with Gasteiger partial charge in [0.15, 0.2) is 0 Å². The molecular formula is C16H24ClN3O. The molecule has 116 valence electrons. The third-order valence-electron chi connectivity index (χ3n) is 4.00. The first-order valence-corrected chi connectivity index (χ1v) is 8.03. The first-order valence-electron chi connectivity index (χ1n) is 7.65. The normalized spacial score (nSPS) is 16.0. The number of nitrogens with one attached hydrogen (secondary N) is 1. The van der Waals surface area contributed by atoms with Crippen LogP contribution in [0.25, 0.3) is 0 Å². The summed E-state index contributed by atoms with van der Waals surface area (Å²) in [6, 6.07) is 5.54. The van der Waals surface area contributed by atoms with Crippen molar-refractivity contribution in [3.8, 4) is 0 Å². The summed E-state index contributed by atoms with van der Waals surface area (Å²) in [6.45, 7) is 8.76. The van der Waals surface area contributed by atoms with Gasteiger partial charge < -0.3 is 10.2 Å². The van der Waals surface area contributed by atoms with Crippen LogP contribution in [0, 0.1) is 6.92 Å². The first-order chi connectivity index (χ1) is 10.1. The Morgan fingerprint density at radius 2 is 2.00 bits per heavy atom. The van der Waals surface area contributed by atoms with E-state index in [1.54, 1.807) is 0 Å². The molecule has 1 aromatic rings. The number of unbranched alkanes of at least 4 members (excludes halogenated alkanes) is 1. The van der Waals surface area contributed by atoms with E-state index in [2.05, 4.69) is 17.1 Å². The van der Waals surface area contributed by atoms with Crippen LogP contribution in [-0.4, -0.2) is 48.6 Å². The molecule has 2 amide bonds. The molecule has 0 aliphatic carbocycles. The number of hydrogen-bond acceptors (Lipinski definition) is 2. The Kier molecular flexibility index (Phi) is 5.88. The highest BCUT2D eigenvalue weighted by atomic mass is 35.5. The molecule has 2 rings (SSSR count). The molecule has 0 aromatic heterocycles. The molecule has 1 heterocycles. The topological polar surface area (TPSA) is 35.6 Å². The number of piperazine rings is 1. The molecule has 1 aliphatic rings. The monoisotopic (exact) mass is 309 g/mol. The Morgan fingerprint density at radius 3 is 2.67 bits per heavy atom. The largest absolute Gasteiger partial charge is 0.322 e. The number of halogens is 1. The Balaban J connectivity index is 1.86. The SMILES string of the molecule is CCCCN1CCN(C(=O)Nc2cccc(Cl)c2C)CC1. The van der Waals surface area contributed by atoms with Crippen LogP contribution in [-0.2, 0) is 0 Å². The van der Waals surface area contributed by atoms with Crippen molar-refractivity contribution in [2.75, 3.05) is 38.0 Å². The van der Waals surface area contributed by atoms with Crippen molar-refractivity contribution in [1.82, 2.24) is 9.80 Å². The van der Waals surface area contributed by atoms with Gasteiger partial charge in [0.05, 0.1) is 0 Å². The number of anilines is 1. The molecule has 1 saturated heterocycles. The standard InChI is InChI=1S/C16H24ClN3O/c1-3-4-8-19-9-11-20(12-10-19)16(21)18-15-7-5-6-14(17)13(15)2/h5-7H,3-4,8-12H2,1-2H3,(H,18,21). The van der Waals surface area contributed by atoms with E-state index in [-0.39, 0.29) is 6.03 Å². The first kappa shape index (κ1) is 16.1. The van der Waals surface area contributed by atoms with E-state index < -0.39 is 0 Å². The number of nitrogens with zero attached hydrogens (tertiary/aromatic N) is 2. The van der Waals surface area contributed by atoms with Crippen molar-refractivity contribution in [3.05, 3.63) is 28.8 Å². The van der Waals surface area contributed by atoms with E-state index in [0.29, 0.717) is 5.02 Å². The lowest BCUT2D eigenvalue weighted by molar-refractivity contribution is 0.146. The maximum atomic E-state index is 12.3. The van der Waals surface area contributed by atoms with Crippen LogP contribution in [0.15, 0.2) is 18.2 Å². The summed E-state index contributed by atoms with van der Waals surface area (Å²) in [6.07, 6.45) is 2.45. The molecule has 1 aromatic carbocycles. The minimum Gasteiger partial charge on any atom is -0.322 e. The maximum absolute atomic E-state index is 12.3. The number of carbonyl (C=O) groups is 1. The lowest BCUT2D eigenvalue weighted by Crippen LogP contribution is -2.50. The highest BCUT2D eigenvalue weighted by Gasteiger charge is 2.21. The molecule has 1 aliphatic heterocycles. The van der Waals surface area contributed by atoms with Gasteiger partial charge in [-0.1, -0.05) is 31.0 Å². The zero-order valence-electron chi connectivity index (χ0n) is 12.9. The molecule has 1 fully saturated rings. The van der Waals surface area contributed by atoms with Crippen LogP contribution in [0.5, 0.6) is 0 Å². The van der Waals surface area contributed by atoms with Gasteiger partial charge >= 0.3 is 6.03 Å². The van der Waals surface area contributed by atoms with E-state index in [9.17, 15) is 4.79 Å². The molecule has 0 spiro atoms. The number of hydrogen-bond donors (Lipinski definition) is 1. The van der Waals surface area contributed by atoms with Gasteiger partial charge in [-0.3, -0.25) is 4.90 Å². The highest BCUT2D eigenvalue weighted by Crippen LogP contribution is 2.23. The molecular weight excluding hydrogens is 286 g/mol. The number of carbonyl (C=O) groups excluding carboxylic acids is 1. The second kappa shape index (κ2) is 7.66. The maximum Gasteiger partial charge on any atom is 0.321 e. The molecule has 0 atom stereocenters. The van der Waals surface area contributed by atoms with E-state index >= 15 is 0 Å². The van der Waals surface area contributed by atoms with E-state index in [1.165, 1.54) is 12.8 Å². The Morgan fingerprint density at radius 1 is 1.29 bits per heavy atom. The quantitative estimate of drug-likeness (QED) is 0.922. The summed E-state index contributed by atoms with van der Waals surface area (Å²) >= 11 is 6.08. The second-order valence-corrected chi connectivity index (χ2v) is 5.93. The summed E-state index contributed by atoms with van der Waals surface area (Å²) in [7, 11) is 0. The van der Waals surface area contributed by atoms with Gasteiger partial charge in [0.1, 0.15) is 0 Å². The second-order valence-electron chi connectivity index (χ2n) is 5.52. The minimum atomic E-state index is -0.0319. The van der Waals surface area contributed by atoms with Gasteiger partial charge in [0.25, 0.3) is 0 Å². The molecule has 21 heavy (non-hydrogen) atoms. The average molecular weight is 310 g/mol. The highest BCUT2D eigenvalue weighted by molar-refractivity contribution is 6.31. The van der Waals surface area contributed by atoms with E-state index in [0.717, 1.165) is 44.0 Å². The molecule has 4 nitrogen and oxygen atoms in total. The summed E-state index contributed by atoms with van der Waals surface area (Å²) < 4.78 is 0. The van der Waals surface area contributed by atoms with Crippen molar-refractivity contribution in [2.24, 2.45) is 0 Å². The van der Waals surface area contributed by atoms with Gasteiger partial charge in [-0.05, 0) is 37.6 Å². The van der Waals surface area contributed by atoms with Crippen LogP contribution in [0.1, 0.15) is 25.3 Å². The van der Waals surface area contributed by atoms with Crippen molar-refractivity contribution < 1.29 is 4.79 Å². The predicted molar refractivity (Wildman–Crippen MR) is 88.1 cm³/mol. The van der Waals surface area contributed by atoms with Gasteiger partial charge in [0, 0.05) is 36.9 Å². The minimum absolute atomic E-state index is 0.0319. The summed E-state index contributed by atoms with van der Waals surface area (Å²) in [4.78, 5) is 16.6. The fourth-order valence-electron chi connectivity index (χ4n) is 2.49. The summed E-state index contributed by atoms with van der Waals surface area (Å²) in [5, 5.41) is 3.64. The molecule has 1 N–H and O–H groups in total. The van der Waals surface area contributed by atoms with Crippen LogP contribution < -0.4 is 5.32 Å². The van der Waals surface area contributed by atoms with Crippen molar-refractivity contribution >= 4 is 23.3 Å². The van der Waals surface area contributed by atoms with Crippen molar-refractivity contribution in [3.63, 3.8) is 0 Å². The molecule has 0 bridgehead atoms. The number of rotatable bonds is 4. The third kappa shape index (κ3) is 4.35. The summed E-state index contributed by atoms with van der Waals surface area (Å²) in [5.74, 6) is 0. The number of amides is 2. The van der Waals surface area contributed by atoms with Gasteiger partial charge in [-0.25, -0.2) is 4.79 Å². The van der Waals surface area contributed by atoms with Crippen LogP contribution in [0.3, 0.4) is 0 Å². The molecule has 0 saturated carbocycles. The number of benzene rings is 1. The fourth-order valence-corrected chi connectivity index (χ4v) is 2.67. The zero-order valence-corrected chi connectivity index (χ0v) is 13.6. The van der Waals surface area contributed by atoms with Crippen LogP contribution >= 0.6 is 11.6 Å². The van der Waals surface area contributed by atoms with Crippen LogP contribution in [0.2, 0.25) is 5.02 Å². The van der Waals surface area contributed by atoms with Gasteiger partial charge in [0.2, 0.25) is 0 Å². The molecule has 0 unspecified atom stereocenters. The third-order valence-corrected chi connectivity index (χ3v) is 4.41. The Bertz CT molecular complexity index is 484. The lowest BCUT2D eigenvalue weighted by Gasteiger charge is -2.34.